The molecule has 2 amide bonds. The third kappa shape index (κ3) is 3.88. The van der Waals surface area contributed by atoms with Crippen molar-refractivity contribution in [1.29, 1.82) is 0 Å². The number of fused-ring (bicyclic) bond motifs is 1. The Hall–Kier alpha value is -2.28. The zero-order chi connectivity index (χ0) is 19.0. The first kappa shape index (κ1) is 18.1. The number of ether oxygens (including phenoxy) is 2. The number of benzene rings is 1. The molecule has 1 aromatic carbocycles. The molecule has 3 aliphatic rings. The minimum Gasteiger partial charge on any atom is -0.454 e. The largest absolute Gasteiger partial charge is 0.454 e. The van der Waals surface area contributed by atoms with Crippen molar-refractivity contribution in [1.82, 2.24) is 15.1 Å². The highest BCUT2D eigenvalue weighted by atomic mass is 16.7. The fourth-order valence-corrected chi connectivity index (χ4v) is 3.49. The van der Waals surface area contributed by atoms with Crippen LogP contribution in [0.3, 0.4) is 0 Å². The highest BCUT2D eigenvalue weighted by molar-refractivity contribution is 6.04. The molecule has 0 radical (unpaired) electrons. The van der Waals surface area contributed by atoms with Crippen molar-refractivity contribution in [3.8, 4) is 11.5 Å². The third-order valence-electron chi connectivity index (χ3n) is 5.52. The van der Waals surface area contributed by atoms with E-state index in [1.165, 1.54) is 5.56 Å². The van der Waals surface area contributed by atoms with Gasteiger partial charge in [-0.25, -0.2) is 0 Å². The van der Waals surface area contributed by atoms with E-state index in [0.29, 0.717) is 13.1 Å². The number of carbonyl (C=O) groups excluding carboxylic acids is 2. The SMILES string of the molecule is CC(C)(C(=O)NC1CC1)C(=O)N1CCN(Cc2ccc3c(c2)OCO3)CC1. The molecule has 1 saturated heterocycles. The Labute approximate surface area is 159 Å². The lowest BCUT2D eigenvalue weighted by molar-refractivity contribution is -0.149. The number of rotatable bonds is 5. The molecule has 4 rings (SSSR count). The molecule has 0 aromatic heterocycles. The van der Waals surface area contributed by atoms with Crippen molar-refractivity contribution in [3.63, 3.8) is 0 Å². The molecule has 1 N–H and O–H groups in total. The van der Waals surface area contributed by atoms with Crippen molar-refractivity contribution < 1.29 is 19.1 Å². The van der Waals surface area contributed by atoms with Gasteiger partial charge in [-0.05, 0) is 44.4 Å². The van der Waals surface area contributed by atoms with Crippen LogP contribution in [0.25, 0.3) is 0 Å². The Balaban J connectivity index is 1.30. The van der Waals surface area contributed by atoms with E-state index in [-0.39, 0.29) is 24.6 Å². The average Bonchev–Trinajstić information content (AvgIpc) is 3.35. The molecule has 0 atom stereocenters. The summed E-state index contributed by atoms with van der Waals surface area (Å²) in [6.45, 7) is 7.42. The molecule has 1 aromatic rings. The van der Waals surface area contributed by atoms with Gasteiger partial charge in [0, 0.05) is 38.8 Å². The van der Waals surface area contributed by atoms with Crippen LogP contribution in [0.15, 0.2) is 18.2 Å². The van der Waals surface area contributed by atoms with Gasteiger partial charge in [0.05, 0.1) is 0 Å². The van der Waals surface area contributed by atoms with Crippen molar-refractivity contribution in [2.24, 2.45) is 5.41 Å². The van der Waals surface area contributed by atoms with Gasteiger partial charge in [0.2, 0.25) is 18.6 Å². The average molecular weight is 373 g/mol. The normalized spacial score (nSPS) is 19.9. The van der Waals surface area contributed by atoms with Crippen molar-refractivity contribution in [2.45, 2.75) is 39.3 Å². The van der Waals surface area contributed by atoms with Crippen LogP contribution in [0.2, 0.25) is 0 Å². The second-order valence-corrected chi connectivity index (χ2v) is 8.13. The van der Waals surface area contributed by atoms with Crippen LogP contribution in [-0.2, 0) is 16.1 Å². The number of hydrogen-bond acceptors (Lipinski definition) is 5. The third-order valence-corrected chi connectivity index (χ3v) is 5.52. The molecule has 0 bridgehead atoms. The Kier molecular flexibility index (Phi) is 4.72. The summed E-state index contributed by atoms with van der Waals surface area (Å²) in [5, 5.41) is 2.96. The van der Waals surface area contributed by atoms with Gasteiger partial charge in [-0.3, -0.25) is 14.5 Å². The number of nitrogens with one attached hydrogen (secondary N) is 1. The van der Waals surface area contributed by atoms with E-state index in [1.807, 2.05) is 17.0 Å². The smallest absolute Gasteiger partial charge is 0.237 e. The van der Waals surface area contributed by atoms with Crippen LogP contribution in [-0.4, -0.2) is 60.6 Å². The molecule has 1 aliphatic carbocycles. The van der Waals surface area contributed by atoms with Gasteiger partial charge in [0.1, 0.15) is 5.41 Å². The zero-order valence-corrected chi connectivity index (χ0v) is 16.0. The maximum atomic E-state index is 12.9. The standard InChI is InChI=1S/C20H27N3O4/c1-20(2,18(24)21-15-4-5-15)19(25)23-9-7-22(8-10-23)12-14-3-6-16-17(11-14)27-13-26-16/h3,6,11,15H,4-5,7-10,12-13H2,1-2H3,(H,21,24). The molecule has 1 saturated carbocycles. The highest BCUT2D eigenvalue weighted by Crippen LogP contribution is 2.33. The Morgan fingerprint density at radius 1 is 1.11 bits per heavy atom. The van der Waals surface area contributed by atoms with Gasteiger partial charge in [-0.2, -0.15) is 0 Å². The summed E-state index contributed by atoms with van der Waals surface area (Å²) in [6, 6.07) is 6.28. The number of hydrogen-bond donors (Lipinski definition) is 1. The van der Waals surface area contributed by atoms with Crippen LogP contribution in [0.5, 0.6) is 11.5 Å². The molecular weight excluding hydrogens is 346 g/mol. The van der Waals surface area contributed by atoms with Gasteiger partial charge in [-0.1, -0.05) is 6.07 Å². The molecule has 27 heavy (non-hydrogen) atoms. The molecular formula is C20H27N3O4. The highest BCUT2D eigenvalue weighted by Gasteiger charge is 2.41. The maximum Gasteiger partial charge on any atom is 0.237 e. The maximum absolute atomic E-state index is 12.9. The predicted octanol–water partition coefficient (Wildman–Crippen LogP) is 1.36. The van der Waals surface area contributed by atoms with Crippen LogP contribution in [0.4, 0.5) is 0 Å². The molecule has 2 fully saturated rings. The second kappa shape index (κ2) is 7.03. The van der Waals surface area contributed by atoms with Crippen molar-refractivity contribution >= 4 is 11.8 Å². The van der Waals surface area contributed by atoms with Gasteiger partial charge in [0.15, 0.2) is 11.5 Å². The zero-order valence-electron chi connectivity index (χ0n) is 16.0. The molecule has 0 unspecified atom stereocenters. The fourth-order valence-electron chi connectivity index (χ4n) is 3.49. The molecule has 0 spiro atoms. The first-order valence-corrected chi connectivity index (χ1v) is 9.65. The van der Waals surface area contributed by atoms with E-state index >= 15 is 0 Å². The molecule has 7 heteroatoms. The molecule has 7 nitrogen and oxygen atoms in total. The molecule has 146 valence electrons. The number of piperazine rings is 1. The van der Waals surface area contributed by atoms with Crippen molar-refractivity contribution in [3.05, 3.63) is 23.8 Å². The monoisotopic (exact) mass is 373 g/mol. The minimum atomic E-state index is -1.01. The van der Waals surface area contributed by atoms with E-state index in [2.05, 4.69) is 16.3 Å². The summed E-state index contributed by atoms with van der Waals surface area (Å²) >= 11 is 0. The quantitative estimate of drug-likeness (QED) is 0.790. The van der Waals surface area contributed by atoms with E-state index in [1.54, 1.807) is 13.8 Å². The summed E-state index contributed by atoms with van der Waals surface area (Å²) in [7, 11) is 0. The van der Waals surface area contributed by atoms with Gasteiger partial charge in [0.25, 0.3) is 0 Å². The number of nitrogens with zero attached hydrogens (tertiary/aromatic N) is 2. The first-order chi connectivity index (χ1) is 12.9. The van der Waals surface area contributed by atoms with E-state index in [9.17, 15) is 9.59 Å². The molecule has 2 aliphatic heterocycles. The van der Waals surface area contributed by atoms with Gasteiger partial charge in [-0.15, -0.1) is 0 Å². The lowest BCUT2D eigenvalue weighted by Crippen LogP contribution is -2.55. The summed E-state index contributed by atoms with van der Waals surface area (Å²) < 4.78 is 10.8. The minimum absolute atomic E-state index is 0.0802. The van der Waals surface area contributed by atoms with Crippen LogP contribution < -0.4 is 14.8 Å². The summed E-state index contributed by atoms with van der Waals surface area (Å²) in [5.74, 6) is 1.35. The Bertz CT molecular complexity index is 737. The first-order valence-electron chi connectivity index (χ1n) is 9.65. The number of amides is 2. The Morgan fingerprint density at radius 3 is 2.52 bits per heavy atom. The summed E-state index contributed by atoms with van der Waals surface area (Å²) in [4.78, 5) is 29.4. The van der Waals surface area contributed by atoms with E-state index in [4.69, 9.17) is 9.47 Å². The lowest BCUT2D eigenvalue weighted by atomic mass is 9.90. The summed E-state index contributed by atoms with van der Waals surface area (Å²) in [5.41, 5.74) is 0.158. The number of carbonyl (C=O) groups is 2. The van der Waals surface area contributed by atoms with Gasteiger partial charge < -0.3 is 19.7 Å². The van der Waals surface area contributed by atoms with E-state index < -0.39 is 5.41 Å². The lowest BCUT2D eigenvalue weighted by Gasteiger charge is -2.38. The van der Waals surface area contributed by atoms with Crippen LogP contribution in [0.1, 0.15) is 32.3 Å². The van der Waals surface area contributed by atoms with Gasteiger partial charge >= 0.3 is 0 Å². The fraction of sp³-hybridized carbons (Fsp3) is 0.600. The summed E-state index contributed by atoms with van der Waals surface area (Å²) in [6.07, 6.45) is 2.04. The van der Waals surface area contributed by atoms with Crippen LogP contribution >= 0.6 is 0 Å². The predicted molar refractivity (Wildman–Crippen MR) is 99.4 cm³/mol. The topological polar surface area (TPSA) is 71.1 Å². The second-order valence-electron chi connectivity index (χ2n) is 8.13. The molecule has 2 heterocycles. The Morgan fingerprint density at radius 2 is 1.81 bits per heavy atom. The van der Waals surface area contributed by atoms with E-state index in [0.717, 1.165) is 44.0 Å². The van der Waals surface area contributed by atoms with Crippen molar-refractivity contribution in [2.75, 3.05) is 33.0 Å². The van der Waals surface area contributed by atoms with Crippen LogP contribution in [0, 0.1) is 5.41 Å².